The summed E-state index contributed by atoms with van der Waals surface area (Å²) in [5.41, 5.74) is 5.90. The molecule has 0 aliphatic rings. The summed E-state index contributed by atoms with van der Waals surface area (Å²) < 4.78 is 0. The second kappa shape index (κ2) is 6.67. The Hall–Kier alpha value is -1.00. The second-order valence-electron chi connectivity index (χ2n) is 4.55. The highest BCUT2D eigenvalue weighted by Crippen LogP contribution is 2.23. The fourth-order valence-electron chi connectivity index (χ4n) is 1.30. The van der Waals surface area contributed by atoms with Gasteiger partial charge < -0.3 is 11.1 Å². The van der Waals surface area contributed by atoms with E-state index in [1.807, 2.05) is 44.2 Å². The van der Waals surface area contributed by atoms with Crippen LogP contribution >= 0.6 is 11.8 Å². The number of amides is 1. The van der Waals surface area contributed by atoms with Crippen molar-refractivity contribution in [3.05, 3.63) is 30.3 Å². The maximum absolute atomic E-state index is 12.1. The molecule has 0 aliphatic heterocycles. The lowest BCUT2D eigenvalue weighted by Gasteiger charge is -2.23. The van der Waals surface area contributed by atoms with E-state index in [0.29, 0.717) is 6.54 Å². The number of carbonyl (C=O) groups excluding carboxylic acids is 1. The number of rotatable bonds is 6. The number of hydrogen-bond donors (Lipinski definition) is 2. The third-order valence-electron chi connectivity index (χ3n) is 2.37. The van der Waals surface area contributed by atoms with E-state index in [4.69, 9.17) is 5.73 Å². The predicted molar refractivity (Wildman–Crippen MR) is 75.2 cm³/mol. The monoisotopic (exact) mass is 252 g/mol. The van der Waals surface area contributed by atoms with E-state index in [1.54, 1.807) is 11.8 Å². The number of para-hydroxylation sites is 1. The van der Waals surface area contributed by atoms with Crippen LogP contribution in [0.25, 0.3) is 0 Å². The lowest BCUT2D eigenvalue weighted by atomic mass is 9.95. The maximum atomic E-state index is 12.1. The zero-order valence-corrected chi connectivity index (χ0v) is 11.2. The van der Waals surface area contributed by atoms with Gasteiger partial charge in [-0.2, -0.15) is 11.8 Å². The molecule has 0 aromatic heterocycles. The van der Waals surface area contributed by atoms with E-state index in [1.165, 1.54) is 0 Å². The van der Waals surface area contributed by atoms with Gasteiger partial charge in [0.2, 0.25) is 5.91 Å². The summed E-state index contributed by atoms with van der Waals surface area (Å²) in [6.45, 7) is 4.56. The first-order chi connectivity index (χ1) is 8.06. The van der Waals surface area contributed by atoms with Crippen molar-refractivity contribution in [2.45, 2.75) is 13.8 Å². The molecule has 0 aliphatic carbocycles. The zero-order valence-electron chi connectivity index (χ0n) is 10.4. The summed E-state index contributed by atoms with van der Waals surface area (Å²) in [4.78, 5) is 12.1. The second-order valence-corrected chi connectivity index (χ2v) is 5.65. The van der Waals surface area contributed by atoms with Crippen LogP contribution in [-0.2, 0) is 4.79 Å². The molecule has 0 saturated carbocycles. The average Bonchev–Trinajstić information content (AvgIpc) is 2.30. The Labute approximate surface area is 107 Å². The van der Waals surface area contributed by atoms with Crippen LogP contribution in [-0.4, -0.2) is 24.0 Å². The van der Waals surface area contributed by atoms with Gasteiger partial charge in [-0.25, -0.2) is 0 Å². The molecule has 17 heavy (non-hydrogen) atoms. The fourth-order valence-corrected chi connectivity index (χ4v) is 2.25. The van der Waals surface area contributed by atoms with Gasteiger partial charge >= 0.3 is 0 Å². The minimum absolute atomic E-state index is 0.0493. The van der Waals surface area contributed by atoms with Crippen molar-refractivity contribution in [2.24, 2.45) is 11.1 Å². The highest BCUT2D eigenvalue weighted by Gasteiger charge is 2.27. The Morgan fingerprint density at radius 3 is 2.59 bits per heavy atom. The quantitative estimate of drug-likeness (QED) is 0.764. The standard InChI is InChI=1S/C13H20N2OS/c1-13(2,10-17-9-8-14)12(16)15-11-6-4-3-5-7-11/h3-7H,8-10,14H2,1-2H3,(H,15,16). The Morgan fingerprint density at radius 2 is 2.00 bits per heavy atom. The lowest BCUT2D eigenvalue weighted by molar-refractivity contribution is -0.122. The zero-order chi connectivity index (χ0) is 12.7. The van der Waals surface area contributed by atoms with Crippen LogP contribution in [0.15, 0.2) is 30.3 Å². The third kappa shape index (κ3) is 4.79. The summed E-state index contributed by atoms with van der Waals surface area (Å²) in [6.07, 6.45) is 0. The summed E-state index contributed by atoms with van der Waals surface area (Å²) in [7, 11) is 0. The van der Waals surface area contributed by atoms with Crippen LogP contribution in [0.1, 0.15) is 13.8 Å². The molecule has 0 heterocycles. The van der Waals surface area contributed by atoms with Crippen LogP contribution in [0, 0.1) is 5.41 Å². The lowest BCUT2D eigenvalue weighted by Crippen LogP contribution is -2.33. The first-order valence-electron chi connectivity index (χ1n) is 5.70. The van der Waals surface area contributed by atoms with Crippen molar-refractivity contribution in [3.8, 4) is 0 Å². The van der Waals surface area contributed by atoms with Crippen LogP contribution in [0.2, 0.25) is 0 Å². The molecule has 1 aromatic rings. The minimum Gasteiger partial charge on any atom is -0.330 e. The molecular weight excluding hydrogens is 232 g/mol. The largest absolute Gasteiger partial charge is 0.330 e. The van der Waals surface area contributed by atoms with Gasteiger partial charge in [0.1, 0.15) is 0 Å². The molecule has 0 atom stereocenters. The Morgan fingerprint density at radius 1 is 1.35 bits per heavy atom. The van der Waals surface area contributed by atoms with Gasteiger partial charge in [0.15, 0.2) is 0 Å². The predicted octanol–water partition coefficient (Wildman–Crippen LogP) is 2.34. The van der Waals surface area contributed by atoms with Crippen molar-refractivity contribution in [1.82, 2.24) is 0 Å². The smallest absolute Gasteiger partial charge is 0.230 e. The van der Waals surface area contributed by atoms with Crippen LogP contribution < -0.4 is 11.1 Å². The molecule has 0 saturated heterocycles. The first-order valence-corrected chi connectivity index (χ1v) is 6.86. The summed E-state index contributed by atoms with van der Waals surface area (Å²) in [5, 5.41) is 2.93. The number of thioether (sulfide) groups is 1. The molecular formula is C13H20N2OS. The molecule has 1 aromatic carbocycles. The number of benzene rings is 1. The number of anilines is 1. The van der Waals surface area contributed by atoms with Gasteiger partial charge in [-0.1, -0.05) is 32.0 Å². The molecule has 0 bridgehead atoms. The van der Waals surface area contributed by atoms with Gasteiger partial charge in [0.25, 0.3) is 0 Å². The molecule has 0 unspecified atom stereocenters. The van der Waals surface area contributed by atoms with E-state index in [-0.39, 0.29) is 11.3 Å². The first kappa shape index (κ1) is 14.1. The van der Waals surface area contributed by atoms with Crippen LogP contribution in [0.5, 0.6) is 0 Å². The SMILES string of the molecule is CC(C)(CSCCN)C(=O)Nc1ccccc1. The molecule has 1 rings (SSSR count). The van der Waals surface area contributed by atoms with Crippen LogP contribution in [0.3, 0.4) is 0 Å². The summed E-state index contributed by atoms with van der Waals surface area (Å²) in [6, 6.07) is 9.53. The van der Waals surface area contributed by atoms with E-state index in [9.17, 15) is 4.79 Å². The van der Waals surface area contributed by atoms with Crippen molar-refractivity contribution < 1.29 is 4.79 Å². The van der Waals surface area contributed by atoms with Gasteiger partial charge in [0, 0.05) is 23.7 Å². The van der Waals surface area contributed by atoms with Crippen molar-refractivity contribution in [2.75, 3.05) is 23.4 Å². The Bertz CT molecular complexity index is 352. The molecule has 0 fully saturated rings. The van der Waals surface area contributed by atoms with Gasteiger partial charge in [-0.3, -0.25) is 4.79 Å². The Kier molecular flexibility index (Phi) is 5.51. The molecule has 1 amide bonds. The fraction of sp³-hybridized carbons (Fsp3) is 0.462. The van der Waals surface area contributed by atoms with E-state index < -0.39 is 0 Å². The average molecular weight is 252 g/mol. The van der Waals surface area contributed by atoms with Gasteiger partial charge in [-0.05, 0) is 12.1 Å². The highest BCUT2D eigenvalue weighted by molar-refractivity contribution is 7.99. The van der Waals surface area contributed by atoms with E-state index in [2.05, 4.69) is 5.32 Å². The highest BCUT2D eigenvalue weighted by atomic mass is 32.2. The molecule has 4 heteroatoms. The summed E-state index contributed by atoms with van der Waals surface area (Å²) in [5.74, 6) is 1.72. The topological polar surface area (TPSA) is 55.1 Å². The Balaban J connectivity index is 2.51. The van der Waals surface area contributed by atoms with E-state index >= 15 is 0 Å². The molecule has 94 valence electrons. The number of hydrogen-bond acceptors (Lipinski definition) is 3. The molecule has 3 nitrogen and oxygen atoms in total. The minimum atomic E-state index is -0.379. The molecule has 0 spiro atoms. The number of carbonyl (C=O) groups is 1. The maximum Gasteiger partial charge on any atom is 0.230 e. The molecule has 0 radical (unpaired) electrons. The third-order valence-corrected chi connectivity index (χ3v) is 3.82. The van der Waals surface area contributed by atoms with Gasteiger partial charge in [0.05, 0.1) is 5.41 Å². The number of nitrogens with two attached hydrogens (primary N) is 1. The van der Waals surface area contributed by atoms with E-state index in [0.717, 1.165) is 17.2 Å². The van der Waals surface area contributed by atoms with Crippen molar-refractivity contribution in [3.63, 3.8) is 0 Å². The number of nitrogens with one attached hydrogen (secondary N) is 1. The summed E-state index contributed by atoms with van der Waals surface area (Å²) >= 11 is 1.71. The van der Waals surface area contributed by atoms with Crippen molar-refractivity contribution in [1.29, 1.82) is 0 Å². The normalized spacial score (nSPS) is 11.2. The van der Waals surface area contributed by atoms with Crippen molar-refractivity contribution >= 4 is 23.4 Å². The van der Waals surface area contributed by atoms with Gasteiger partial charge in [-0.15, -0.1) is 0 Å². The molecule has 3 N–H and O–H groups in total. The van der Waals surface area contributed by atoms with Crippen LogP contribution in [0.4, 0.5) is 5.69 Å².